The highest BCUT2D eigenvalue weighted by molar-refractivity contribution is 7.99. The van der Waals surface area contributed by atoms with Crippen LogP contribution < -0.4 is 19.4 Å². The fourth-order valence-electron chi connectivity index (χ4n) is 9.45. The van der Waals surface area contributed by atoms with Crippen molar-refractivity contribution in [2.45, 2.75) is 9.79 Å². The van der Waals surface area contributed by atoms with Gasteiger partial charge in [0.05, 0.1) is 25.9 Å². The minimum absolute atomic E-state index is 0.785. The molecule has 0 aliphatic carbocycles. The Bertz CT molecular complexity index is 3740. The number of para-hydroxylation sites is 5. The molecule has 0 spiro atoms. The third kappa shape index (κ3) is 6.87. The summed E-state index contributed by atoms with van der Waals surface area (Å²) in [6, 6.07) is 83.6. The van der Waals surface area contributed by atoms with E-state index in [0.717, 1.165) is 94.4 Å². The number of ether oxygens (including phenoxy) is 1. The van der Waals surface area contributed by atoms with E-state index in [1.54, 1.807) is 11.8 Å². The van der Waals surface area contributed by atoms with Crippen molar-refractivity contribution in [3.05, 3.63) is 237 Å². The summed E-state index contributed by atoms with van der Waals surface area (Å²) in [5, 5.41) is 4.68. The van der Waals surface area contributed by atoms with E-state index in [9.17, 15) is 0 Å². The fourth-order valence-corrected chi connectivity index (χ4v) is 11.6. The van der Waals surface area contributed by atoms with Crippen molar-refractivity contribution in [1.29, 1.82) is 0 Å². The van der Waals surface area contributed by atoms with Crippen molar-refractivity contribution in [1.82, 2.24) is 0 Å². The first-order chi connectivity index (χ1) is 33.2. The largest absolute Gasteiger partial charge is 0.456 e. The van der Waals surface area contributed by atoms with Gasteiger partial charge in [-0.15, -0.1) is 11.3 Å². The summed E-state index contributed by atoms with van der Waals surface area (Å²) >= 11 is 3.58. The van der Waals surface area contributed by atoms with Crippen LogP contribution in [0.5, 0.6) is 11.5 Å². The van der Waals surface area contributed by atoms with E-state index in [2.05, 4.69) is 239 Å². The maximum Gasteiger partial charge on any atom is 0.165 e. The van der Waals surface area contributed by atoms with Gasteiger partial charge >= 0.3 is 0 Å². The van der Waals surface area contributed by atoms with Gasteiger partial charge in [0, 0.05) is 72.1 Å². The van der Waals surface area contributed by atoms with Crippen molar-refractivity contribution in [2.75, 3.05) is 14.7 Å². The second-order valence-corrected chi connectivity index (χ2v) is 18.6. The van der Waals surface area contributed by atoms with Crippen LogP contribution in [0, 0.1) is 0 Å². The Balaban J connectivity index is 1.00. The number of hydrogen-bond acceptors (Lipinski definition) is 7. The fraction of sp³-hybridized carbons (Fsp3) is 0. The number of rotatable bonds is 9. The predicted octanol–water partition coefficient (Wildman–Crippen LogP) is 18.6. The molecule has 2 aromatic heterocycles. The number of fused-ring (bicyclic) bond motifs is 8. The summed E-state index contributed by atoms with van der Waals surface area (Å²) in [4.78, 5) is 9.06. The number of benzene rings is 10. The van der Waals surface area contributed by atoms with Gasteiger partial charge in [-0.3, -0.25) is 0 Å². The zero-order valence-corrected chi connectivity index (χ0v) is 37.6. The molecule has 10 aromatic carbocycles. The molecule has 0 atom stereocenters. The molecule has 0 unspecified atom stereocenters. The van der Waals surface area contributed by atoms with Crippen molar-refractivity contribution in [3.63, 3.8) is 0 Å². The number of nitrogens with zero attached hydrogens (tertiary/aromatic N) is 3. The zero-order chi connectivity index (χ0) is 44.3. The highest BCUT2D eigenvalue weighted by Gasteiger charge is 2.30. The maximum absolute atomic E-state index is 7.35. The predicted molar refractivity (Wildman–Crippen MR) is 281 cm³/mol. The average molecular weight is 898 g/mol. The molecule has 0 radical (unpaired) electrons. The minimum Gasteiger partial charge on any atom is -0.456 e. The molecule has 0 amide bonds. The normalized spacial score (nSPS) is 11.9. The third-order valence-corrected chi connectivity index (χ3v) is 14.7. The van der Waals surface area contributed by atoms with Crippen LogP contribution >= 0.6 is 23.1 Å². The van der Waals surface area contributed by atoms with Gasteiger partial charge in [-0.1, -0.05) is 133 Å². The van der Waals surface area contributed by atoms with Crippen LogP contribution in [-0.4, -0.2) is 0 Å². The van der Waals surface area contributed by atoms with Gasteiger partial charge in [-0.25, -0.2) is 0 Å². The van der Waals surface area contributed by atoms with Crippen molar-refractivity contribution < 1.29 is 9.15 Å². The van der Waals surface area contributed by atoms with Crippen LogP contribution in [0.4, 0.5) is 51.2 Å². The monoisotopic (exact) mass is 897 g/mol. The van der Waals surface area contributed by atoms with Crippen molar-refractivity contribution in [3.8, 4) is 11.5 Å². The zero-order valence-electron chi connectivity index (χ0n) is 36.0. The lowest BCUT2D eigenvalue weighted by molar-refractivity contribution is 0.456. The molecule has 1 aliphatic rings. The van der Waals surface area contributed by atoms with Crippen LogP contribution in [0.2, 0.25) is 0 Å². The quantitative estimate of drug-likeness (QED) is 0.144. The first-order valence-corrected chi connectivity index (χ1v) is 24.0. The summed E-state index contributed by atoms with van der Waals surface area (Å²) in [7, 11) is 0. The molecular weight excluding hydrogens is 859 g/mol. The Hall–Kier alpha value is -8.23. The van der Waals surface area contributed by atoms with Crippen LogP contribution in [0.1, 0.15) is 0 Å². The van der Waals surface area contributed by atoms with Crippen molar-refractivity contribution >= 4 is 116 Å². The van der Waals surface area contributed by atoms with Gasteiger partial charge in [-0.05, 0) is 109 Å². The minimum atomic E-state index is 0.785. The van der Waals surface area contributed by atoms with E-state index >= 15 is 0 Å². The van der Waals surface area contributed by atoms with E-state index in [-0.39, 0.29) is 0 Å². The lowest BCUT2D eigenvalue weighted by Gasteiger charge is -2.33. The molecule has 13 rings (SSSR count). The van der Waals surface area contributed by atoms with Crippen LogP contribution in [0.25, 0.3) is 42.1 Å². The van der Waals surface area contributed by atoms with Gasteiger partial charge in [0.2, 0.25) is 0 Å². The molecule has 5 nitrogen and oxygen atoms in total. The van der Waals surface area contributed by atoms with Crippen molar-refractivity contribution in [2.24, 2.45) is 0 Å². The Morgan fingerprint density at radius 2 is 0.881 bits per heavy atom. The second kappa shape index (κ2) is 16.3. The molecule has 318 valence electrons. The first-order valence-electron chi connectivity index (χ1n) is 22.3. The molecular formula is C60H39N3O2S2. The summed E-state index contributed by atoms with van der Waals surface area (Å²) in [6.07, 6.45) is 0. The molecule has 0 saturated heterocycles. The molecule has 0 saturated carbocycles. The Labute approximate surface area is 396 Å². The SMILES string of the molecule is c1ccc(N(c2cc3c(c(N(c4ccccc4)c4ccccc4)c2)Oc2cc(N(c4ccccc4)c4cccc5c4sc4ccccc45)ccc2S3)c2ccc3oc4ccccc4c3c2)cc1. The van der Waals surface area contributed by atoms with Gasteiger partial charge in [0.15, 0.2) is 5.75 Å². The molecule has 7 heteroatoms. The topological polar surface area (TPSA) is 32.1 Å². The first kappa shape index (κ1) is 39.2. The smallest absolute Gasteiger partial charge is 0.165 e. The van der Waals surface area contributed by atoms with Crippen LogP contribution in [-0.2, 0) is 0 Å². The summed E-state index contributed by atoms with van der Waals surface area (Å²) in [6.45, 7) is 0. The van der Waals surface area contributed by atoms with E-state index in [1.165, 1.54) is 20.2 Å². The molecule has 1 aliphatic heterocycles. The van der Waals surface area contributed by atoms with E-state index < -0.39 is 0 Å². The standard InChI is InChI=1S/C60H39N3O2S2/c1-5-18-40(19-6-1)61(44-32-34-54-50(36-44)47-26-13-15-30-53(47)64-54)46-37-52(62(41-20-7-2-8-21-41)42-22-9-3-10-23-42)59-58(39-46)66-57-35-33-45(38-55(57)65-59)63(43-24-11-4-12-25-43)51-29-17-28-49-48-27-14-16-31-56(48)67-60(49)51/h1-39H. The van der Waals surface area contributed by atoms with E-state index in [1.807, 2.05) is 23.5 Å². The van der Waals surface area contributed by atoms with Gasteiger partial charge in [-0.2, -0.15) is 0 Å². The lowest BCUT2D eigenvalue weighted by Crippen LogP contribution is -2.15. The number of furan rings is 1. The Morgan fingerprint density at radius 3 is 1.58 bits per heavy atom. The van der Waals surface area contributed by atoms with E-state index in [4.69, 9.17) is 9.15 Å². The second-order valence-electron chi connectivity index (χ2n) is 16.5. The molecule has 0 N–H and O–H groups in total. The highest BCUT2D eigenvalue weighted by Crippen LogP contribution is 2.57. The molecule has 0 bridgehead atoms. The number of anilines is 9. The Kier molecular flexibility index (Phi) is 9.55. The van der Waals surface area contributed by atoms with Crippen LogP contribution in [0.15, 0.2) is 251 Å². The van der Waals surface area contributed by atoms with Gasteiger partial charge in [0.25, 0.3) is 0 Å². The number of thiophene rings is 1. The highest BCUT2D eigenvalue weighted by atomic mass is 32.2. The lowest BCUT2D eigenvalue weighted by atomic mass is 10.1. The summed E-state index contributed by atoms with van der Waals surface area (Å²) in [5.41, 5.74) is 10.9. The number of hydrogen-bond donors (Lipinski definition) is 0. The van der Waals surface area contributed by atoms with E-state index in [0.29, 0.717) is 0 Å². The maximum atomic E-state index is 7.35. The third-order valence-electron chi connectivity index (χ3n) is 12.4. The molecule has 0 fully saturated rings. The summed E-state index contributed by atoms with van der Waals surface area (Å²) in [5.74, 6) is 1.58. The molecule has 67 heavy (non-hydrogen) atoms. The summed E-state index contributed by atoms with van der Waals surface area (Å²) < 4.78 is 16.2. The Morgan fingerprint density at radius 1 is 0.328 bits per heavy atom. The van der Waals surface area contributed by atoms with Gasteiger partial charge < -0.3 is 23.9 Å². The molecule has 12 aromatic rings. The molecule has 3 heterocycles. The van der Waals surface area contributed by atoms with Crippen LogP contribution in [0.3, 0.4) is 0 Å². The van der Waals surface area contributed by atoms with Gasteiger partial charge in [0.1, 0.15) is 16.9 Å². The average Bonchev–Trinajstić information content (AvgIpc) is 3.96.